The van der Waals surface area contributed by atoms with Crippen LogP contribution in [0.4, 0.5) is 0 Å². The van der Waals surface area contributed by atoms with Crippen molar-refractivity contribution in [2.45, 2.75) is 111 Å². The maximum atomic E-state index is 12.6. The van der Waals surface area contributed by atoms with Crippen LogP contribution in [-0.2, 0) is 24.6 Å². The van der Waals surface area contributed by atoms with Gasteiger partial charge < -0.3 is 20.0 Å². The second-order valence-electron chi connectivity index (χ2n) is 14.2. The van der Waals surface area contributed by atoms with Gasteiger partial charge in [-0.3, -0.25) is 14.4 Å². The summed E-state index contributed by atoms with van der Waals surface area (Å²) in [5.41, 5.74) is 10.2. The second-order valence-corrected chi connectivity index (χ2v) is 15.2. The van der Waals surface area contributed by atoms with Crippen molar-refractivity contribution < 1.29 is 28.7 Å². The molecule has 1 amide bonds. The lowest BCUT2D eigenvalue weighted by molar-refractivity contribution is -0.141. The minimum atomic E-state index is -0.443. The molecule has 43 heavy (non-hydrogen) atoms. The van der Waals surface area contributed by atoms with Crippen LogP contribution in [-0.4, -0.2) is 30.4 Å². The number of benzene rings is 1. The van der Waals surface area contributed by atoms with Gasteiger partial charge in [0.25, 0.3) is 0 Å². The number of nitrogens with two attached hydrogens (primary N) is 1. The molecule has 7 atom stereocenters. The highest BCUT2D eigenvalue weighted by atomic mass is 32.2. The normalized spacial score (nSPS) is 35.7. The Balaban J connectivity index is 0.00000135. The molecule has 0 aliphatic heterocycles. The summed E-state index contributed by atoms with van der Waals surface area (Å²) >= 11 is 1.78. The number of hydrogen-bond acceptors (Lipinski definition) is 7. The summed E-state index contributed by atoms with van der Waals surface area (Å²) < 4.78 is 11.3. The van der Waals surface area contributed by atoms with Crippen LogP contribution in [0.5, 0.6) is 11.5 Å². The molecule has 1 aromatic rings. The molecule has 0 aromatic heterocycles. The minimum Gasteiger partial charge on any atom is -0.423 e. The number of esters is 2. The van der Waals surface area contributed by atoms with Crippen LogP contribution < -0.4 is 15.2 Å². The highest BCUT2D eigenvalue weighted by Crippen LogP contribution is 2.70. The SMILES string of the molecule is CC=O.CSC1C=C2C(C)(CCC3C4C[C@](C)(C(N)=O)CCC4(C)CCC23C)c2cc(OC(C)=O)c(OC(C)=O)c(C)c21. The number of fused-ring (bicyclic) bond motifs is 7. The van der Waals surface area contributed by atoms with Crippen molar-refractivity contribution in [1.29, 1.82) is 0 Å². The summed E-state index contributed by atoms with van der Waals surface area (Å²) in [6.45, 7) is 15.5. The lowest BCUT2D eigenvalue weighted by Crippen LogP contribution is -2.58. The van der Waals surface area contributed by atoms with E-state index >= 15 is 0 Å². The molecule has 8 heteroatoms. The van der Waals surface area contributed by atoms with Crippen molar-refractivity contribution in [3.8, 4) is 11.5 Å². The molecule has 0 saturated heterocycles. The van der Waals surface area contributed by atoms with Gasteiger partial charge >= 0.3 is 11.9 Å². The van der Waals surface area contributed by atoms with Crippen LogP contribution in [0.25, 0.3) is 0 Å². The molecule has 3 saturated carbocycles. The molecule has 236 valence electrons. The second kappa shape index (κ2) is 11.7. The van der Waals surface area contributed by atoms with Gasteiger partial charge in [0.15, 0.2) is 11.5 Å². The average Bonchev–Trinajstić information content (AvgIpc) is 2.91. The van der Waals surface area contributed by atoms with E-state index in [1.54, 1.807) is 11.8 Å². The topological polar surface area (TPSA) is 113 Å². The van der Waals surface area contributed by atoms with Gasteiger partial charge in [-0.05, 0) is 105 Å². The van der Waals surface area contributed by atoms with Crippen molar-refractivity contribution in [3.63, 3.8) is 0 Å². The molecule has 3 fully saturated rings. The molecule has 5 rings (SSSR count). The number of ether oxygens (including phenoxy) is 2. The number of allylic oxidation sites excluding steroid dienone is 1. The van der Waals surface area contributed by atoms with Crippen LogP contribution >= 0.6 is 11.8 Å². The molecule has 0 spiro atoms. The highest BCUT2D eigenvalue weighted by molar-refractivity contribution is 7.99. The Kier molecular flexibility index (Phi) is 9.07. The molecule has 4 aliphatic carbocycles. The third kappa shape index (κ3) is 5.46. The van der Waals surface area contributed by atoms with E-state index in [0.29, 0.717) is 23.3 Å². The van der Waals surface area contributed by atoms with E-state index in [1.807, 2.05) is 13.0 Å². The Bertz CT molecular complexity index is 1370. The zero-order valence-electron chi connectivity index (χ0n) is 27.3. The van der Waals surface area contributed by atoms with Crippen molar-refractivity contribution in [1.82, 2.24) is 0 Å². The van der Waals surface area contributed by atoms with E-state index in [-0.39, 0.29) is 27.4 Å². The minimum absolute atomic E-state index is 0.0111. The number of carbonyl (C=O) groups is 4. The number of amides is 1. The van der Waals surface area contributed by atoms with Gasteiger partial charge in [0, 0.05) is 35.5 Å². The fourth-order valence-electron chi connectivity index (χ4n) is 9.16. The van der Waals surface area contributed by atoms with Crippen molar-refractivity contribution in [2.24, 2.45) is 33.8 Å². The van der Waals surface area contributed by atoms with E-state index in [1.165, 1.54) is 31.9 Å². The summed E-state index contributed by atoms with van der Waals surface area (Å²) in [7, 11) is 0. The zero-order valence-corrected chi connectivity index (χ0v) is 28.2. The Morgan fingerprint density at radius 1 is 0.977 bits per heavy atom. The predicted octanol–water partition coefficient (Wildman–Crippen LogP) is 7.16. The number of carbonyl (C=O) groups excluding carboxylic acids is 4. The first-order chi connectivity index (χ1) is 20.0. The number of hydrogen-bond donors (Lipinski definition) is 1. The van der Waals surface area contributed by atoms with Crippen molar-refractivity contribution >= 4 is 35.9 Å². The molecule has 2 N–H and O–H groups in total. The van der Waals surface area contributed by atoms with Crippen LogP contribution in [0.2, 0.25) is 0 Å². The van der Waals surface area contributed by atoms with Crippen molar-refractivity contribution in [2.75, 3.05) is 6.26 Å². The van der Waals surface area contributed by atoms with Crippen LogP contribution in [0.3, 0.4) is 0 Å². The number of thioether (sulfide) groups is 1. The highest BCUT2D eigenvalue weighted by Gasteiger charge is 2.62. The summed E-state index contributed by atoms with van der Waals surface area (Å²) in [5.74, 6) is 0.529. The van der Waals surface area contributed by atoms with E-state index in [2.05, 4.69) is 40.0 Å². The Hall–Kier alpha value is -2.61. The standard InChI is InChI=1S/C33H45NO5S.C2H4O/c1-18-27-22(15-24(38-19(2)35)28(18)39-20(3)36)32(6)10-9-21-23-17-31(5,29(34)37)12-11-30(23,4)13-14-33(21,7)26(32)16-25(27)40-8;1-2-3/h15-16,21,23,25H,9-14,17H2,1-8H3,(H2,34,37);2H,1H3/t21?,23?,25?,30?,31-,32?,33?;/m1./s1. The summed E-state index contributed by atoms with van der Waals surface area (Å²) in [4.78, 5) is 45.5. The van der Waals surface area contributed by atoms with E-state index in [0.717, 1.165) is 62.4 Å². The smallest absolute Gasteiger partial charge is 0.308 e. The Morgan fingerprint density at radius 2 is 1.58 bits per heavy atom. The molecular formula is C35H49NO6S. The van der Waals surface area contributed by atoms with Gasteiger partial charge in [-0.15, -0.1) is 0 Å². The zero-order chi connectivity index (χ0) is 32.1. The molecule has 0 radical (unpaired) electrons. The molecule has 1 aromatic carbocycles. The summed E-state index contributed by atoms with van der Waals surface area (Å²) in [6, 6.07) is 1.97. The Labute approximate surface area is 261 Å². The maximum absolute atomic E-state index is 12.6. The lowest BCUT2D eigenvalue weighted by atomic mass is 9.40. The van der Waals surface area contributed by atoms with E-state index in [4.69, 9.17) is 20.0 Å². The largest absolute Gasteiger partial charge is 0.423 e. The monoisotopic (exact) mass is 611 g/mol. The third-order valence-corrected chi connectivity index (χ3v) is 12.5. The fraction of sp³-hybridized carbons (Fsp3) is 0.657. The quantitative estimate of drug-likeness (QED) is 0.166. The first kappa shape index (κ1) is 33.3. The van der Waals surface area contributed by atoms with Gasteiger partial charge in [0.2, 0.25) is 5.91 Å². The summed E-state index contributed by atoms with van der Waals surface area (Å²) in [5, 5.41) is 0.0879. The Morgan fingerprint density at radius 3 is 2.14 bits per heavy atom. The molecule has 7 nitrogen and oxygen atoms in total. The van der Waals surface area contributed by atoms with Crippen LogP contribution in [0, 0.1) is 35.0 Å². The number of aldehydes is 1. The van der Waals surface area contributed by atoms with Crippen LogP contribution in [0.15, 0.2) is 17.7 Å². The molecular weight excluding hydrogens is 562 g/mol. The molecule has 6 unspecified atom stereocenters. The molecule has 0 heterocycles. The molecule has 0 bridgehead atoms. The van der Waals surface area contributed by atoms with Gasteiger partial charge in [0.05, 0.1) is 0 Å². The van der Waals surface area contributed by atoms with Gasteiger partial charge in [0.1, 0.15) is 6.29 Å². The number of primary amides is 1. The van der Waals surface area contributed by atoms with Crippen molar-refractivity contribution in [3.05, 3.63) is 34.4 Å². The van der Waals surface area contributed by atoms with E-state index in [9.17, 15) is 14.4 Å². The molecule has 4 aliphatic rings. The summed E-state index contributed by atoms with van der Waals surface area (Å²) in [6.07, 6.45) is 12.5. The van der Waals surface area contributed by atoms with Gasteiger partial charge in [-0.1, -0.05) is 39.3 Å². The predicted molar refractivity (Wildman–Crippen MR) is 170 cm³/mol. The van der Waals surface area contributed by atoms with E-state index < -0.39 is 17.4 Å². The first-order valence-corrected chi connectivity index (χ1v) is 16.8. The van der Waals surface area contributed by atoms with Gasteiger partial charge in [-0.25, -0.2) is 0 Å². The fourth-order valence-corrected chi connectivity index (χ4v) is 9.97. The number of rotatable bonds is 4. The van der Waals surface area contributed by atoms with Crippen LogP contribution in [0.1, 0.15) is 115 Å². The van der Waals surface area contributed by atoms with Gasteiger partial charge in [-0.2, -0.15) is 11.8 Å². The first-order valence-electron chi connectivity index (χ1n) is 15.5. The third-order valence-electron chi connectivity index (χ3n) is 11.6. The maximum Gasteiger partial charge on any atom is 0.308 e. The average molecular weight is 612 g/mol. The lowest BCUT2D eigenvalue weighted by Gasteiger charge is -2.65.